The molecule has 2 fully saturated rings. The van der Waals surface area contributed by atoms with Crippen LogP contribution in [0.2, 0.25) is 0 Å². The van der Waals surface area contributed by atoms with Gasteiger partial charge in [-0.2, -0.15) is 0 Å². The summed E-state index contributed by atoms with van der Waals surface area (Å²) in [5.41, 5.74) is 3.67. The van der Waals surface area contributed by atoms with Gasteiger partial charge in [0.1, 0.15) is 22.8 Å². The fourth-order valence-corrected chi connectivity index (χ4v) is 9.39. The number of ketones is 2. The van der Waals surface area contributed by atoms with Crippen molar-refractivity contribution in [2.24, 2.45) is 23.5 Å². The highest BCUT2D eigenvalue weighted by atomic mass is 32.1. The molecule has 1 aromatic carbocycles. The predicted octanol–water partition coefficient (Wildman–Crippen LogP) is 2.35. The number of carbonyl (C=O) groups is 3. The Balaban J connectivity index is 1.41. The van der Waals surface area contributed by atoms with E-state index < -0.39 is 58.0 Å². The molecular weight excluding hydrogens is 636 g/mol. The van der Waals surface area contributed by atoms with E-state index in [1.54, 1.807) is 14.1 Å². The first-order valence-corrected chi connectivity index (χ1v) is 17.1. The van der Waals surface area contributed by atoms with Crippen molar-refractivity contribution in [3.63, 3.8) is 0 Å². The molecule has 1 saturated heterocycles. The topological polar surface area (TPSA) is 188 Å². The van der Waals surface area contributed by atoms with Crippen LogP contribution in [-0.4, -0.2) is 112 Å². The van der Waals surface area contributed by atoms with E-state index in [0.717, 1.165) is 54.3 Å². The summed E-state index contributed by atoms with van der Waals surface area (Å²) in [6, 6.07) is 4.71. The number of carbonyl (C=O) groups excluding carboxylic acids is 3. The highest BCUT2D eigenvalue weighted by molar-refractivity contribution is 7.15. The van der Waals surface area contributed by atoms with Crippen LogP contribution < -0.4 is 10.6 Å². The molecule has 3 aliphatic carbocycles. The maximum Gasteiger partial charge on any atom is 0.255 e. The summed E-state index contributed by atoms with van der Waals surface area (Å²) in [6.07, 6.45) is 3.18. The number of amides is 1. The van der Waals surface area contributed by atoms with Gasteiger partial charge in [-0.3, -0.25) is 24.2 Å². The summed E-state index contributed by atoms with van der Waals surface area (Å²) in [7, 11) is 6.87. The van der Waals surface area contributed by atoms with Crippen molar-refractivity contribution in [2.45, 2.75) is 50.3 Å². The Kier molecular flexibility index (Phi) is 8.96. The van der Waals surface area contributed by atoms with Crippen LogP contribution in [0.4, 0.5) is 5.69 Å². The zero-order chi connectivity index (χ0) is 34.8. The van der Waals surface area contributed by atoms with Crippen LogP contribution in [0.5, 0.6) is 5.75 Å². The minimum Gasteiger partial charge on any atom is -0.508 e. The zero-order valence-corrected chi connectivity index (χ0v) is 28.5. The predicted molar refractivity (Wildman–Crippen MR) is 182 cm³/mol. The van der Waals surface area contributed by atoms with Crippen molar-refractivity contribution in [3.8, 4) is 16.2 Å². The van der Waals surface area contributed by atoms with Gasteiger partial charge in [0.05, 0.1) is 11.6 Å². The van der Waals surface area contributed by atoms with Crippen LogP contribution in [0.3, 0.4) is 0 Å². The van der Waals surface area contributed by atoms with Gasteiger partial charge < -0.3 is 36.2 Å². The fraction of sp³-hybridized carbons (Fsp3) is 0.514. The number of rotatable bonds is 8. The van der Waals surface area contributed by atoms with E-state index in [1.165, 1.54) is 16.2 Å². The molecule has 4 unspecified atom stereocenters. The number of thiophene rings is 1. The zero-order valence-electron chi connectivity index (χ0n) is 27.7. The second-order valence-electron chi connectivity index (χ2n) is 14.0. The maximum atomic E-state index is 14.3. The standard InChI is InChI=1S/C35H44N4O8S/c1-37(2)23-15-21(24-6-5-19(48-24)16-39-10-7-17(8-11-39)9-12-40)29(41)26-20(23)13-18-14-22-28(38(3)4)31(43)27(34(36)46)33(45)35(22,47)32(44)25(18)30(26)42/h5-6,15,17-18,22,28,40-42,45,47H,7-14,16H2,1-4H3,(H2,36,46). The molecule has 1 aliphatic heterocycles. The van der Waals surface area contributed by atoms with Crippen LogP contribution in [-0.2, 0) is 27.3 Å². The number of hydrogen-bond acceptors (Lipinski definition) is 12. The molecule has 7 N–H and O–H groups in total. The molecule has 0 radical (unpaired) electrons. The van der Waals surface area contributed by atoms with Crippen molar-refractivity contribution in [1.82, 2.24) is 9.80 Å². The van der Waals surface area contributed by atoms with Crippen molar-refractivity contribution in [3.05, 3.63) is 51.1 Å². The molecule has 258 valence electrons. The second kappa shape index (κ2) is 12.6. The van der Waals surface area contributed by atoms with Crippen LogP contribution >= 0.6 is 11.3 Å². The fourth-order valence-electron chi connectivity index (χ4n) is 8.32. The number of nitrogens with zero attached hydrogens (tertiary/aromatic N) is 3. The number of nitrogens with two attached hydrogens (primary N) is 1. The Labute approximate surface area is 283 Å². The Morgan fingerprint density at radius 1 is 1.10 bits per heavy atom. The molecular formula is C35H44N4O8S. The van der Waals surface area contributed by atoms with Crippen LogP contribution in [0.1, 0.15) is 41.7 Å². The number of fused-ring (bicyclic) bond motifs is 3. The number of primary amides is 1. The molecule has 13 heteroatoms. The highest BCUT2D eigenvalue weighted by Crippen LogP contribution is 2.55. The molecule has 4 aliphatic rings. The summed E-state index contributed by atoms with van der Waals surface area (Å²) < 4.78 is 0. The number of piperidine rings is 1. The number of aliphatic hydroxyl groups is 4. The molecule has 2 heterocycles. The number of likely N-dealkylation sites (N-methyl/N-ethyl adjacent to an activating group) is 1. The van der Waals surface area contributed by atoms with Crippen molar-refractivity contribution in [1.29, 1.82) is 0 Å². The van der Waals surface area contributed by atoms with Gasteiger partial charge in [-0.25, -0.2) is 0 Å². The average Bonchev–Trinajstić information content (AvgIpc) is 3.47. The average molecular weight is 681 g/mol. The Morgan fingerprint density at radius 2 is 1.79 bits per heavy atom. The number of aromatic hydroxyl groups is 1. The molecule has 1 amide bonds. The molecule has 1 aromatic heterocycles. The first-order valence-electron chi connectivity index (χ1n) is 16.3. The smallest absolute Gasteiger partial charge is 0.255 e. The number of hydrogen-bond donors (Lipinski definition) is 6. The molecule has 0 spiro atoms. The number of anilines is 1. The van der Waals surface area contributed by atoms with Gasteiger partial charge >= 0.3 is 0 Å². The van der Waals surface area contributed by atoms with Gasteiger partial charge in [0.15, 0.2) is 11.4 Å². The summed E-state index contributed by atoms with van der Waals surface area (Å²) in [5.74, 6) is -6.11. The summed E-state index contributed by atoms with van der Waals surface area (Å²) in [5, 5.41) is 56.0. The van der Waals surface area contributed by atoms with E-state index in [0.29, 0.717) is 17.0 Å². The van der Waals surface area contributed by atoms with Crippen molar-refractivity contribution < 1.29 is 39.9 Å². The van der Waals surface area contributed by atoms with Gasteiger partial charge in [0, 0.05) is 59.7 Å². The van der Waals surface area contributed by atoms with E-state index in [2.05, 4.69) is 4.90 Å². The third-order valence-electron chi connectivity index (χ3n) is 10.7. The lowest BCUT2D eigenvalue weighted by molar-refractivity contribution is -0.153. The Hall–Kier alpha value is -3.75. The first kappa shape index (κ1) is 34.1. The summed E-state index contributed by atoms with van der Waals surface area (Å²) in [4.78, 5) is 47.6. The molecule has 4 atom stereocenters. The summed E-state index contributed by atoms with van der Waals surface area (Å²) >= 11 is 1.54. The molecule has 48 heavy (non-hydrogen) atoms. The van der Waals surface area contributed by atoms with E-state index in [4.69, 9.17) is 5.73 Å². The minimum absolute atomic E-state index is 0.0344. The lowest BCUT2D eigenvalue weighted by Crippen LogP contribution is -2.65. The number of benzene rings is 1. The van der Waals surface area contributed by atoms with E-state index in [1.807, 2.05) is 37.2 Å². The number of phenols is 1. The lowest BCUT2D eigenvalue weighted by atomic mass is 9.57. The molecule has 1 saturated carbocycles. The third-order valence-corrected chi connectivity index (χ3v) is 11.8. The first-order chi connectivity index (χ1) is 22.7. The monoisotopic (exact) mass is 680 g/mol. The van der Waals surface area contributed by atoms with Gasteiger partial charge in [0.2, 0.25) is 5.78 Å². The Morgan fingerprint density at radius 3 is 2.40 bits per heavy atom. The van der Waals surface area contributed by atoms with Crippen LogP contribution in [0.25, 0.3) is 16.2 Å². The second-order valence-corrected chi connectivity index (χ2v) is 15.2. The molecule has 0 bridgehead atoms. The quantitative estimate of drug-likeness (QED) is 0.225. The SMILES string of the molecule is CN(C)c1cc(-c2ccc(CN3CCC(CCO)CC3)s2)c(O)c2c1CC1CC3C(N(C)C)C(=O)C(C(N)=O)=C(O)C3(O)C(=O)C1=C2O. The van der Waals surface area contributed by atoms with E-state index >= 15 is 0 Å². The molecule has 2 aromatic rings. The number of phenolic OH excluding ortho intramolecular Hbond substituents is 1. The van der Waals surface area contributed by atoms with Crippen molar-refractivity contribution in [2.75, 3.05) is 52.8 Å². The summed E-state index contributed by atoms with van der Waals surface area (Å²) in [6.45, 7) is 2.88. The van der Waals surface area contributed by atoms with Gasteiger partial charge in [-0.05, 0) is 94.9 Å². The highest BCUT2D eigenvalue weighted by Gasteiger charge is 2.64. The normalized spacial score (nSPS) is 26.5. The maximum absolute atomic E-state index is 14.3. The number of Topliss-reactive ketones (excluding diaryl/α,β-unsaturated/α-hetero) is 2. The Bertz CT molecular complexity index is 1740. The van der Waals surface area contributed by atoms with E-state index in [9.17, 15) is 39.9 Å². The molecule has 6 rings (SSSR count). The van der Waals surface area contributed by atoms with Crippen molar-refractivity contribution >= 4 is 40.3 Å². The van der Waals surface area contributed by atoms with E-state index in [-0.39, 0.29) is 36.3 Å². The van der Waals surface area contributed by atoms with Gasteiger partial charge in [0.25, 0.3) is 5.91 Å². The minimum atomic E-state index is -2.68. The third kappa shape index (κ3) is 5.32. The molecule has 12 nitrogen and oxygen atoms in total. The lowest BCUT2D eigenvalue weighted by Gasteiger charge is -2.50. The number of likely N-dealkylation sites (tertiary alicyclic amines) is 1. The van der Waals surface area contributed by atoms with Crippen LogP contribution in [0, 0.1) is 17.8 Å². The number of aliphatic hydroxyl groups excluding tert-OH is 3. The van der Waals surface area contributed by atoms with Gasteiger partial charge in [-0.15, -0.1) is 11.3 Å². The van der Waals surface area contributed by atoms with Gasteiger partial charge in [-0.1, -0.05) is 0 Å². The largest absolute Gasteiger partial charge is 0.508 e. The van der Waals surface area contributed by atoms with Crippen LogP contribution in [0.15, 0.2) is 35.1 Å².